The summed E-state index contributed by atoms with van der Waals surface area (Å²) in [5, 5.41) is 3.38. The summed E-state index contributed by atoms with van der Waals surface area (Å²) in [7, 11) is 0. The van der Waals surface area contributed by atoms with E-state index in [2.05, 4.69) is 33.3 Å². The lowest BCUT2D eigenvalue weighted by Crippen LogP contribution is -2.43. The first-order chi connectivity index (χ1) is 9.33. The molecule has 3 rings (SSSR count). The molecule has 0 spiro atoms. The minimum atomic E-state index is 0.803. The average Bonchev–Trinajstić information content (AvgIpc) is 2.48. The Hall–Kier alpha value is -1.46. The molecule has 0 saturated carbocycles. The van der Waals surface area contributed by atoms with Crippen molar-refractivity contribution in [2.45, 2.75) is 0 Å². The highest BCUT2D eigenvalue weighted by Crippen LogP contribution is 2.27. The SMILES string of the molecule is Nc1cc(N2CCNCC2)cc(N2CCOCC2)c1. The van der Waals surface area contributed by atoms with Crippen molar-refractivity contribution in [3.8, 4) is 0 Å². The smallest absolute Gasteiger partial charge is 0.0642 e. The molecule has 0 bridgehead atoms. The zero-order chi connectivity index (χ0) is 13.1. The van der Waals surface area contributed by atoms with Crippen LogP contribution in [0.2, 0.25) is 0 Å². The van der Waals surface area contributed by atoms with E-state index in [0.29, 0.717) is 0 Å². The predicted molar refractivity (Wildman–Crippen MR) is 79.0 cm³/mol. The Morgan fingerprint density at radius 3 is 2.11 bits per heavy atom. The minimum absolute atomic E-state index is 0.803. The summed E-state index contributed by atoms with van der Waals surface area (Å²) in [6.07, 6.45) is 0. The first kappa shape index (κ1) is 12.6. The molecule has 19 heavy (non-hydrogen) atoms. The van der Waals surface area contributed by atoms with Crippen LogP contribution >= 0.6 is 0 Å². The quantitative estimate of drug-likeness (QED) is 0.761. The highest BCUT2D eigenvalue weighted by Gasteiger charge is 2.15. The van der Waals surface area contributed by atoms with Crippen molar-refractivity contribution in [2.24, 2.45) is 0 Å². The molecule has 104 valence electrons. The van der Waals surface area contributed by atoms with Gasteiger partial charge in [-0.2, -0.15) is 0 Å². The predicted octanol–water partition coefficient (Wildman–Crippen LogP) is 0.515. The minimum Gasteiger partial charge on any atom is -0.399 e. The number of rotatable bonds is 2. The fraction of sp³-hybridized carbons (Fsp3) is 0.571. The van der Waals surface area contributed by atoms with Crippen LogP contribution in [0.5, 0.6) is 0 Å². The number of anilines is 3. The van der Waals surface area contributed by atoms with Crippen LogP contribution in [0, 0.1) is 0 Å². The Morgan fingerprint density at radius 1 is 0.895 bits per heavy atom. The van der Waals surface area contributed by atoms with E-state index in [-0.39, 0.29) is 0 Å². The maximum Gasteiger partial charge on any atom is 0.0642 e. The van der Waals surface area contributed by atoms with Crippen LogP contribution in [0.3, 0.4) is 0 Å². The van der Waals surface area contributed by atoms with Gasteiger partial charge >= 0.3 is 0 Å². The van der Waals surface area contributed by atoms with Crippen LogP contribution in [0.25, 0.3) is 0 Å². The van der Waals surface area contributed by atoms with Crippen LogP contribution in [0.1, 0.15) is 0 Å². The van der Waals surface area contributed by atoms with Crippen molar-refractivity contribution < 1.29 is 4.74 Å². The maximum absolute atomic E-state index is 6.07. The average molecular weight is 262 g/mol. The molecular weight excluding hydrogens is 240 g/mol. The molecule has 5 heteroatoms. The Balaban J connectivity index is 1.82. The maximum atomic E-state index is 6.07. The molecule has 2 aliphatic rings. The molecular formula is C14H22N4O. The lowest BCUT2D eigenvalue weighted by Gasteiger charge is -2.33. The van der Waals surface area contributed by atoms with Gasteiger partial charge in [0.15, 0.2) is 0 Å². The van der Waals surface area contributed by atoms with Crippen molar-refractivity contribution in [3.63, 3.8) is 0 Å². The van der Waals surface area contributed by atoms with Crippen molar-refractivity contribution in [1.82, 2.24) is 5.32 Å². The highest BCUT2D eigenvalue weighted by molar-refractivity contribution is 5.67. The van der Waals surface area contributed by atoms with E-state index in [1.807, 2.05) is 0 Å². The van der Waals surface area contributed by atoms with E-state index in [9.17, 15) is 0 Å². The Bertz CT molecular complexity index is 389. The molecule has 2 saturated heterocycles. The Kier molecular flexibility index (Phi) is 3.75. The number of nitrogens with two attached hydrogens (primary N) is 1. The fourth-order valence-corrected chi connectivity index (χ4v) is 2.73. The molecule has 0 aliphatic carbocycles. The molecule has 0 amide bonds. The van der Waals surface area contributed by atoms with Crippen LogP contribution in [-0.2, 0) is 4.74 Å². The molecule has 0 aromatic heterocycles. The number of morpholine rings is 1. The molecule has 5 nitrogen and oxygen atoms in total. The number of nitrogen functional groups attached to an aromatic ring is 1. The van der Waals surface area contributed by atoms with E-state index in [4.69, 9.17) is 10.5 Å². The topological polar surface area (TPSA) is 53.8 Å². The van der Waals surface area contributed by atoms with Gasteiger partial charge < -0.3 is 25.6 Å². The van der Waals surface area contributed by atoms with Gasteiger partial charge in [0.2, 0.25) is 0 Å². The van der Waals surface area contributed by atoms with Crippen molar-refractivity contribution in [1.29, 1.82) is 0 Å². The number of benzene rings is 1. The summed E-state index contributed by atoms with van der Waals surface area (Å²) in [5.74, 6) is 0. The number of nitrogens with one attached hydrogen (secondary N) is 1. The molecule has 0 atom stereocenters. The highest BCUT2D eigenvalue weighted by atomic mass is 16.5. The Labute approximate surface area is 114 Å². The lowest BCUT2D eigenvalue weighted by atomic mass is 10.2. The summed E-state index contributed by atoms with van der Waals surface area (Å²) in [4.78, 5) is 4.75. The van der Waals surface area contributed by atoms with Crippen molar-refractivity contribution in [2.75, 3.05) is 68.0 Å². The van der Waals surface area contributed by atoms with Crippen molar-refractivity contribution >= 4 is 17.1 Å². The van der Waals surface area contributed by atoms with Gasteiger partial charge in [-0.05, 0) is 18.2 Å². The van der Waals surface area contributed by atoms with Crippen LogP contribution in [0.4, 0.5) is 17.1 Å². The Morgan fingerprint density at radius 2 is 1.47 bits per heavy atom. The third kappa shape index (κ3) is 2.93. The summed E-state index contributed by atoms with van der Waals surface area (Å²) in [6, 6.07) is 6.40. The molecule has 2 aliphatic heterocycles. The second-order valence-corrected chi connectivity index (χ2v) is 5.12. The summed E-state index contributed by atoms with van der Waals surface area (Å²) in [6.45, 7) is 7.69. The molecule has 0 radical (unpaired) electrons. The molecule has 0 unspecified atom stereocenters. The third-order valence-electron chi connectivity index (χ3n) is 3.78. The molecule has 3 N–H and O–H groups in total. The normalized spacial score (nSPS) is 20.6. The van der Waals surface area contributed by atoms with Gasteiger partial charge in [-0.15, -0.1) is 0 Å². The fourth-order valence-electron chi connectivity index (χ4n) is 2.73. The zero-order valence-corrected chi connectivity index (χ0v) is 11.3. The first-order valence-corrected chi connectivity index (χ1v) is 7.02. The summed E-state index contributed by atoms with van der Waals surface area (Å²) in [5.41, 5.74) is 9.38. The standard InChI is InChI=1S/C14H22N4O/c15-12-9-13(17-3-1-16-2-4-17)11-14(10-12)18-5-7-19-8-6-18/h9-11,16H,1-8,15H2. The largest absolute Gasteiger partial charge is 0.399 e. The van der Waals surface area contributed by atoms with Gasteiger partial charge in [0.1, 0.15) is 0 Å². The van der Waals surface area contributed by atoms with Gasteiger partial charge in [-0.25, -0.2) is 0 Å². The van der Waals surface area contributed by atoms with E-state index >= 15 is 0 Å². The first-order valence-electron chi connectivity index (χ1n) is 7.02. The van der Waals surface area contributed by atoms with Gasteiger partial charge in [-0.3, -0.25) is 0 Å². The van der Waals surface area contributed by atoms with Gasteiger partial charge in [-0.1, -0.05) is 0 Å². The van der Waals surface area contributed by atoms with Crippen molar-refractivity contribution in [3.05, 3.63) is 18.2 Å². The lowest BCUT2D eigenvalue weighted by molar-refractivity contribution is 0.122. The van der Waals surface area contributed by atoms with Gasteiger partial charge in [0.05, 0.1) is 13.2 Å². The van der Waals surface area contributed by atoms with E-state index < -0.39 is 0 Å². The third-order valence-corrected chi connectivity index (χ3v) is 3.78. The number of nitrogens with zero attached hydrogens (tertiary/aromatic N) is 2. The number of hydrogen-bond acceptors (Lipinski definition) is 5. The number of ether oxygens (including phenoxy) is 1. The van der Waals surface area contributed by atoms with E-state index in [0.717, 1.165) is 58.2 Å². The molecule has 1 aromatic carbocycles. The second-order valence-electron chi connectivity index (χ2n) is 5.12. The van der Waals surface area contributed by atoms with Crippen LogP contribution < -0.4 is 20.9 Å². The zero-order valence-electron chi connectivity index (χ0n) is 11.3. The summed E-state index contributed by atoms with van der Waals surface area (Å²) < 4.78 is 5.41. The molecule has 1 aromatic rings. The number of hydrogen-bond donors (Lipinski definition) is 2. The van der Waals surface area contributed by atoms with Crippen LogP contribution in [0.15, 0.2) is 18.2 Å². The monoisotopic (exact) mass is 262 g/mol. The summed E-state index contributed by atoms with van der Waals surface area (Å²) >= 11 is 0. The van der Waals surface area contributed by atoms with Gasteiger partial charge in [0.25, 0.3) is 0 Å². The van der Waals surface area contributed by atoms with E-state index in [1.165, 1.54) is 11.4 Å². The van der Waals surface area contributed by atoms with Crippen LogP contribution in [-0.4, -0.2) is 52.5 Å². The molecule has 2 fully saturated rings. The molecule has 2 heterocycles. The second kappa shape index (κ2) is 5.67. The van der Waals surface area contributed by atoms with E-state index in [1.54, 1.807) is 0 Å². The van der Waals surface area contributed by atoms with Gasteiger partial charge in [0, 0.05) is 56.3 Å². The number of piperazine rings is 1.